The van der Waals surface area contributed by atoms with E-state index in [0.717, 1.165) is 13.1 Å². The van der Waals surface area contributed by atoms with Crippen LogP contribution in [0.25, 0.3) is 0 Å². The molecule has 0 radical (unpaired) electrons. The molecular formula is C7H16N2. The van der Waals surface area contributed by atoms with Crippen molar-refractivity contribution >= 4 is 0 Å². The topological polar surface area (TPSA) is 29.3 Å². The maximum atomic E-state index is 5.97. The van der Waals surface area contributed by atoms with Crippen LogP contribution in [0.4, 0.5) is 0 Å². The Morgan fingerprint density at radius 3 is 2.33 bits per heavy atom. The molecule has 2 atom stereocenters. The van der Waals surface area contributed by atoms with Crippen molar-refractivity contribution in [3.63, 3.8) is 0 Å². The Hall–Kier alpha value is -0.0800. The number of hydrogen-bond donors (Lipinski definition) is 1. The molecule has 0 spiro atoms. The van der Waals surface area contributed by atoms with Crippen LogP contribution in [0.3, 0.4) is 0 Å². The number of nitrogens with zero attached hydrogens (tertiary/aromatic N) is 1. The Labute approximate surface area is 57.0 Å². The highest BCUT2D eigenvalue weighted by molar-refractivity contribution is 4.94. The lowest BCUT2D eigenvalue weighted by atomic mass is 9.92. The van der Waals surface area contributed by atoms with Crippen LogP contribution >= 0.6 is 0 Å². The van der Waals surface area contributed by atoms with E-state index in [2.05, 4.69) is 25.8 Å². The van der Waals surface area contributed by atoms with Crippen molar-refractivity contribution in [3.05, 3.63) is 0 Å². The van der Waals surface area contributed by atoms with Crippen LogP contribution in [0.5, 0.6) is 0 Å². The van der Waals surface area contributed by atoms with E-state index >= 15 is 0 Å². The zero-order valence-corrected chi connectivity index (χ0v) is 6.52. The summed E-state index contributed by atoms with van der Waals surface area (Å²) in [5, 5.41) is 0. The molecule has 0 aromatic rings. The van der Waals surface area contributed by atoms with Gasteiger partial charge in [-0.15, -0.1) is 0 Å². The van der Waals surface area contributed by atoms with Gasteiger partial charge in [0.05, 0.1) is 0 Å². The van der Waals surface area contributed by atoms with Crippen molar-refractivity contribution < 1.29 is 0 Å². The predicted molar refractivity (Wildman–Crippen MR) is 39.3 cm³/mol. The van der Waals surface area contributed by atoms with E-state index in [1.54, 1.807) is 0 Å². The van der Waals surface area contributed by atoms with Crippen LogP contribution in [-0.2, 0) is 0 Å². The first-order valence-corrected chi connectivity index (χ1v) is 3.50. The summed E-state index contributed by atoms with van der Waals surface area (Å²) in [5.41, 5.74) is 6.02. The largest absolute Gasteiger partial charge is 0.324 e. The van der Waals surface area contributed by atoms with Gasteiger partial charge in [0.1, 0.15) is 0 Å². The number of likely N-dealkylation sites (tertiary alicyclic amines) is 1. The van der Waals surface area contributed by atoms with Crippen LogP contribution in [0.15, 0.2) is 0 Å². The van der Waals surface area contributed by atoms with E-state index in [-0.39, 0.29) is 5.54 Å². The second-order valence-electron chi connectivity index (χ2n) is 3.60. The molecule has 1 fully saturated rings. The first-order valence-electron chi connectivity index (χ1n) is 3.50. The Morgan fingerprint density at radius 1 is 1.67 bits per heavy atom. The van der Waals surface area contributed by atoms with Gasteiger partial charge in [-0.05, 0) is 19.9 Å². The highest BCUT2D eigenvalue weighted by Crippen LogP contribution is 2.22. The van der Waals surface area contributed by atoms with Gasteiger partial charge in [0.2, 0.25) is 0 Å². The quantitative estimate of drug-likeness (QED) is 0.508. The maximum absolute atomic E-state index is 5.97. The van der Waals surface area contributed by atoms with Gasteiger partial charge in [-0.1, -0.05) is 6.92 Å². The first-order chi connectivity index (χ1) is 4.02. The minimum absolute atomic E-state index is 0.0503. The van der Waals surface area contributed by atoms with E-state index in [1.807, 2.05) is 0 Å². The van der Waals surface area contributed by atoms with Crippen molar-refractivity contribution in [2.75, 3.05) is 20.1 Å². The molecule has 0 aliphatic carbocycles. The van der Waals surface area contributed by atoms with Gasteiger partial charge in [0.15, 0.2) is 0 Å². The lowest BCUT2D eigenvalue weighted by molar-refractivity contribution is 0.378. The van der Waals surface area contributed by atoms with Gasteiger partial charge in [-0.2, -0.15) is 0 Å². The summed E-state index contributed by atoms with van der Waals surface area (Å²) < 4.78 is 0. The SMILES string of the molecule is CC1CN(C)C[C@@]1(C)N. The monoisotopic (exact) mass is 128 g/mol. The standard InChI is InChI=1S/C7H16N2/c1-6-4-9(3)5-7(6,2)8/h6H,4-5,8H2,1-3H3/t6?,7-/m1/s1. The summed E-state index contributed by atoms with van der Waals surface area (Å²) in [5.74, 6) is 0.641. The lowest BCUT2D eigenvalue weighted by Gasteiger charge is -2.21. The van der Waals surface area contributed by atoms with E-state index in [0.29, 0.717) is 5.92 Å². The molecule has 1 aliphatic rings. The van der Waals surface area contributed by atoms with E-state index in [1.165, 1.54) is 0 Å². The van der Waals surface area contributed by atoms with Crippen LogP contribution in [0.2, 0.25) is 0 Å². The molecule has 1 saturated heterocycles. The lowest BCUT2D eigenvalue weighted by Crippen LogP contribution is -2.43. The van der Waals surface area contributed by atoms with Gasteiger partial charge in [0, 0.05) is 18.6 Å². The zero-order chi connectivity index (χ0) is 7.07. The van der Waals surface area contributed by atoms with E-state index < -0.39 is 0 Å². The van der Waals surface area contributed by atoms with Crippen molar-refractivity contribution in [2.24, 2.45) is 11.7 Å². The van der Waals surface area contributed by atoms with E-state index in [4.69, 9.17) is 5.73 Å². The highest BCUT2D eigenvalue weighted by atomic mass is 15.2. The van der Waals surface area contributed by atoms with Crippen LogP contribution in [-0.4, -0.2) is 30.6 Å². The molecule has 0 aromatic carbocycles. The molecule has 54 valence electrons. The van der Waals surface area contributed by atoms with Crippen molar-refractivity contribution in [1.29, 1.82) is 0 Å². The van der Waals surface area contributed by atoms with Crippen LogP contribution in [0, 0.1) is 5.92 Å². The number of nitrogens with two attached hydrogens (primary N) is 1. The number of hydrogen-bond acceptors (Lipinski definition) is 2. The molecule has 0 aromatic heterocycles. The fourth-order valence-corrected chi connectivity index (χ4v) is 1.48. The fraction of sp³-hybridized carbons (Fsp3) is 1.00. The molecule has 0 amide bonds. The maximum Gasteiger partial charge on any atom is 0.0292 e. The molecule has 1 rings (SSSR count). The predicted octanol–water partition coefficient (Wildman–Crippen LogP) is 0.285. The molecule has 1 aliphatic heterocycles. The molecule has 2 heteroatoms. The summed E-state index contributed by atoms with van der Waals surface area (Å²) in [7, 11) is 2.12. The third kappa shape index (κ3) is 1.25. The van der Waals surface area contributed by atoms with Crippen molar-refractivity contribution in [2.45, 2.75) is 19.4 Å². The Balaban J connectivity index is 2.58. The smallest absolute Gasteiger partial charge is 0.0292 e. The molecule has 1 unspecified atom stereocenters. The van der Waals surface area contributed by atoms with Gasteiger partial charge in [-0.25, -0.2) is 0 Å². The third-order valence-corrected chi connectivity index (χ3v) is 2.32. The summed E-state index contributed by atoms with van der Waals surface area (Å²) in [6.45, 7) is 6.52. The molecule has 0 bridgehead atoms. The van der Waals surface area contributed by atoms with Crippen LogP contribution < -0.4 is 5.73 Å². The molecule has 1 heterocycles. The third-order valence-electron chi connectivity index (χ3n) is 2.32. The Bertz CT molecular complexity index is 109. The summed E-state index contributed by atoms with van der Waals surface area (Å²) in [4.78, 5) is 2.28. The van der Waals surface area contributed by atoms with Gasteiger partial charge >= 0.3 is 0 Å². The van der Waals surface area contributed by atoms with Gasteiger partial charge < -0.3 is 10.6 Å². The summed E-state index contributed by atoms with van der Waals surface area (Å²) >= 11 is 0. The second-order valence-corrected chi connectivity index (χ2v) is 3.60. The Kier molecular flexibility index (Phi) is 1.53. The van der Waals surface area contributed by atoms with Gasteiger partial charge in [0.25, 0.3) is 0 Å². The summed E-state index contributed by atoms with van der Waals surface area (Å²) in [6.07, 6.45) is 0. The molecule has 0 saturated carbocycles. The van der Waals surface area contributed by atoms with Crippen LogP contribution in [0.1, 0.15) is 13.8 Å². The average Bonchev–Trinajstić information content (AvgIpc) is 1.79. The van der Waals surface area contributed by atoms with E-state index in [9.17, 15) is 0 Å². The van der Waals surface area contributed by atoms with Crippen molar-refractivity contribution in [1.82, 2.24) is 4.90 Å². The number of rotatable bonds is 0. The summed E-state index contributed by atoms with van der Waals surface area (Å²) in [6, 6.07) is 0. The Morgan fingerprint density at radius 2 is 2.22 bits per heavy atom. The molecule has 2 nitrogen and oxygen atoms in total. The first kappa shape index (κ1) is 7.03. The molecular weight excluding hydrogens is 112 g/mol. The minimum atomic E-state index is 0.0503. The number of likely N-dealkylation sites (N-methyl/N-ethyl adjacent to an activating group) is 1. The second kappa shape index (κ2) is 1.96. The van der Waals surface area contributed by atoms with Crippen molar-refractivity contribution in [3.8, 4) is 0 Å². The molecule has 9 heavy (non-hydrogen) atoms. The fourth-order valence-electron chi connectivity index (χ4n) is 1.48. The highest BCUT2D eigenvalue weighted by Gasteiger charge is 2.34. The normalized spacial score (nSPS) is 46.0. The average molecular weight is 128 g/mol. The molecule has 2 N–H and O–H groups in total. The minimum Gasteiger partial charge on any atom is -0.324 e. The van der Waals surface area contributed by atoms with Gasteiger partial charge in [-0.3, -0.25) is 0 Å². The zero-order valence-electron chi connectivity index (χ0n) is 6.52.